The van der Waals surface area contributed by atoms with Gasteiger partial charge in [0.2, 0.25) is 0 Å². The number of hydrogen-bond donors (Lipinski definition) is 2. The second kappa shape index (κ2) is 4.15. The van der Waals surface area contributed by atoms with Gasteiger partial charge in [-0.15, -0.1) is 6.58 Å². The Hall–Kier alpha value is -1.48. The number of aromatic hydroxyl groups is 1. The molecule has 2 N–H and O–H groups in total. The molecule has 74 valence electrons. The molecule has 0 aromatic heterocycles. The molecule has 0 radical (unpaired) electrons. The van der Waals surface area contributed by atoms with Gasteiger partial charge >= 0.3 is 5.97 Å². The minimum atomic E-state index is -1.07. The zero-order valence-corrected chi connectivity index (χ0v) is 8.08. The number of halogens is 1. The molecule has 0 saturated heterocycles. The lowest BCUT2D eigenvalue weighted by Gasteiger charge is -2.05. The second-order valence-electron chi connectivity index (χ2n) is 2.76. The first-order valence-corrected chi connectivity index (χ1v) is 4.29. The fraction of sp³-hybridized carbons (Fsp3) is 0.100. The highest BCUT2D eigenvalue weighted by atomic mass is 35.5. The molecule has 4 heteroatoms. The lowest BCUT2D eigenvalue weighted by Crippen LogP contribution is -1.98. The Bertz CT molecular complexity index is 385. The molecule has 1 aromatic carbocycles. The van der Waals surface area contributed by atoms with Gasteiger partial charge in [0, 0.05) is 5.56 Å². The molecule has 0 heterocycles. The van der Waals surface area contributed by atoms with Gasteiger partial charge in [-0.25, -0.2) is 4.79 Å². The number of phenols is 1. The molecule has 0 saturated carbocycles. The molecule has 0 atom stereocenters. The zero-order chi connectivity index (χ0) is 10.7. The van der Waals surface area contributed by atoms with Gasteiger partial charge in [0.1, 0.15) is 5.75 Å². The maximum atomic E-state index is 10.7. The lowest BCUT2D eigenvalue weighted by atomic mass is 10.1. The van der Waals surface area contributed by atoms with E-state index in [1.165, 1.54) is 12.1 Å². The van der Waals surface area contributed by atoms with Crippen molar-refractivity contribution in [2.45, 2.75) is 6.42 Å². The first-order chi connectivity index (χ1) is 6.56. The fourth-order valence-electron chi connectivity index (χ4n) is 1.09. The van der Waals surface area contributed by atoms with E-state index in [9.17, 15) is 9.90 Å². The second-order valence-corrected chi connectivity index (χ2v) is 3.17. The Morgan fingerprint density at radius 2 is 2.21 bits per heavy atom. The number of benzene rings is 1. The van der Waals surface area contributed by atoms with Crippen molar-refractivity contribution in [3.8, 4) is 5.75 Å². The van der Waals surface area contributed by atoms with E-state index in [0.717, 1.165) is 0 Å². The van der Waals surface area contributed by atoms with Crippen LogP contribution in [-0.2, 0) is 6.42 Å². The molecule has 0 aliphatic rings. The van der Waals surface area contributed by atoms with Crippen molar-refractivity contribution >= 4 is 17.6 Å². The summed E-state index contributed by atoms with van der Waals surface area (Å²) in [4.78, 5) is 10.7. The summed E-state index contributed by atoms with van der Waals surface area (Å²) >= 11 is 5.65. The number of hydrogen-bond acceptors (Lipinski definition) is 2. The molecule has 0 fully saturated rings. The summed E-state index contributed by atoms with van der Waals surface area (Å²) < 4.78 is 0. The van der Waals surface area contributed by atoms with Crippen LogP contribution in [0.5, 0.6) is 5.75 Å². The van der Waals surface area contributed by atoms with Gasteiger partial charge in [-0.2, -0.15) is 0 Å². The first kappa shape index (κ1) is 10.6. The van der Waals surface area contributed by atoms with Gasteiger partial charge in [0.05, 0.1) is 10.6 Å². The van der Waals surface area contributed by atoms with E-state index in [-0.39, 0.29) is 16.3 Å². The Labute approximate surface area is 86.3 Å². The first-order valence-electron chi connectivity index (χ1n) is 3.92. The van der Waals surface area contributed by atoms with Gasteiger partial charge in [-0.3, -0.25) is 0 Å². The van der Waals surface area contributed by atoms with Crippen molar-refractivity contribution < 1.29 is 15.0 Å². The third-order valence-corrected chi connectivity index (χ3v) is 2.04. The third kappa shape index (κ3) is 2.06. The van der Waals surface area contributed by atoms with E-state index in [1.54, 1.807) is 6.08 Å². The molecule has 0 unspecified atom stereocenters. The van der Waals surface area contributed by atoms with Crippen LogP contribution >= 0.6 is 11.6 Å². The van der Waals surface area contributed by atoms with E-state index in [2.05, 4.69) is 6.58 Å². The van der Waals surface area contributed by atoms with E-state index in [1.807, 2.05) is 0 Å². The third-order valence-electron chi connectivity index (χ3n) is 1.75. The largest absolute Gasteiger partial charge is 0.506 e. The summed E-state index contributed by atoms with van der Waals surface area (Å²) in [6.45, 7) is 3.50. The van der Waals surface area contributed by atoms with Crippen LogP contribution in [0.3, 0.4) is 0 Å². The number of phenolic OH excluding ortho intramolecular Hbond substituents is 1. The monoisotopic (exact) mass is 212 g/mol. The molecular formula is C10H9ClO3. The summed E-state index contributed by atoms with van der Waals surface area (Å²) in [5, 5.41) is 18.2. The fourth-order valence-corrected chi connectivity index (χ4v) is 1.33. The SMILES string of the molecule is C=CCc1cc(C(=O)O)cc(Cl)c1O. The van der Waals surface area contributed by atoms with Crippen molar-refractivity contribution in [3.63, 3.8) is 0 Å². The summed E-state index contributed by atoms with van der Waals surface area (Å²) in [6, 6.07) is 2.59. The van der Waals surface area contributed by atoms with Crippen molar-refractivity contribution in [1.82, 2.24) is 0 Å². The number of allylic oxidation sites excluding steroid dienone is 1. The molecule has 1 aromatic rings. The van der Waals surface area contributed by atoms with Crippen LogP contribution in [0.1, 0.15) is 15.9 Å². The molecular weight excluding hydrogens is 204 g/mol. The predicted molar refractivity (Wildman–Crippen MR) is 54.0 cm³/mol. The maximum Gasteiger partial charge on any atom is 0.335 e. The molecule has 0 amide bonds. The van der Waals surface area contributed by atoms with E-state index in [4.69, 9.17) is 16.7 Å². The Morgan fingerprint density at radius 1 is 1.57 bits per heavy atom. The van der Waals surface area contributed by atoms with Crippen molar-refractivity contribution in [1.29, 1.82) is 0 Å². The highest BCUT2D eigenvalue weighted by Crippen LogP contribution is 2.29. The van der Waals surface area contributed by atoms with Crippen molar-refractivity contribution in [3.05, 3.63) is 40.9 Å². The lowest BCUT2D eigenvalue weighted by molar-refractivity contribution is 0.0697. The van der Waals surface area contributed by atoms with E-state index < -0.39 is 5.97 Å². The van der Waals surface area contributed by atoms with Gasteiger partial charge in [-0.1, -0.05) is 17.7 Å². The van der Waals surface area contributed by atoms with Crippen LogP contribution in [0, 0.1) is 0 Å². The minimum absolute atomic E-state index is 0.0433. The van der Waals surface area contributed by atoms with Gasteiger partial charge < -0.3 is 10.2 Å². The molecule has 0 spiro atoms. The molecule has 14 heavy (non-hydrogen) atoms. The summed E-state index contributed by atoms with van der Waals surface area (Å²) in [5.41, 5.74) is 0.523. The number of carboxylic acid groups (broad SMARTS) is 1. The predicted octanol–water partition coefficient (Wildman–Crippen LogP) is 2.47. The van der Waals surface area contributed by atoms with Gasteiger partial charge in [0.15, 0.2) is 0 Å². The highest BCUT2D eigenvalue weighted by Gasteiger charge is 2.11. The summed E-state index contributed by atoms with van der Waals surface area (Å²) in [7, 11) is 0. The van der Waals surface area contributed by atoms with Crippen molar-refractivity contribution in [2.24, 2.45) is 0 Å². The minimum Gasteiger partial charge on any atom is -0.506 e. The number of carbonyl (C=O) groups is 1. The quantitative estimate of drug-likeness (QED) is 0.757. The van der Waals surface area contributed by atoms with Crippen molar-refractivity contribution in [2.75, 3.05) is 0 Å². The number of carboxylic acids is 1. The Morgan fingerprint density at radius 3 is 2.71 bits per heavy atom. The van der Waals surface area contributed by atoms with Gasteiger partial charge in [-0.05, 0) is 18.6 Å². The standard InChI is InChI=1S/C10H9ClO3/c1-2-3-6-4-7(10(13)14)5-8(11)9(6)12/h2,4-5,12H,1,3H2,(H,13,14). The molecule has 0 aliphatic carbocycles. The maximum absolute atomic E-state index is 10.7. The van der Waals surface area contributed by atoms with E-state index >= 15 is 0 Å². The number of aromatic carboxylic acids is 1. The molecule has 1 rings (SSSR count). The van der Waals surface area contributed by atoms with Crippen LogP contribution in [0.25, 0.3) is 0 Å². The van der Waals surface area contributed by atoms with E-state index in [0.29, 0.717) is 12.0 Å². The normalized spacial score (nSPS) is 9.79. The average Bonchev–Trinajstić information content (AvgIpc) is 2.12. The summed E-state index contributed by atoms with van der Waals surface area (Å²) in [5.74, 6) is -1.16. The van der Waals surface area contributed by atoms with Crippen LogP contribution in [0.4, 0.5) is 0 Å². The molecule has 0 bridgehead atoms. The topological polar surface area (TPSA) is 57.5 Å². The molecule has 3 nitrogen and oxygen atoms in total. The van der Waals surface area contributed by atoms with Crippen LogP contribution < -0.4 is 0 Å². The summed E-state index contributed by atoms with van der Waals surface area (Å²) in [6.07, 6.45) is 1.95. The zero-order valence-electron chi connectivity index (χ0n) is 7.33. The smallest absolute Gasteiger partial charge is 0.335 e. The Balaban J connectivity index is 3.27. The average molecular weight is 213 g/mol. The highest BCUT2D eigenvalue weighted by molar-refractivity contribution is 6.32. The van der Waals surface area contributed by atoms with Gasteiger partial charge in [0.25, 0.3) is 0 Å². The molecule has 0 aliphatic heterocycles. The van der Waals surface area contributed by atoms with Crippen LogP contribution in [0.2, 0.25) is 5.02 Å². The Kier molecular flexibility index (Phi) is 3.14. The van der Waals surface area contributed by atoms with Crippen LogP contribution in [-0.4, -0.2) is 16.2 Å². The number of rotatable bonds is 3. The van der Waals surface area contributed by atoms with Crippen LogP contribution in [0.15, 0.2) is 24.8 Å².